The van der Waals surface area contributed by atoms with Crippen molar-refractivity contribution < 1.29 is 14.6 Å². The number of nitrogens with one attached hydrogen (secondary N) is 2. The fraction of sp³-hybridized carbons (Fsp3) is 0.345. The van der Waals surface area contributed by atoms with Gasteiger partial charge in [-0.1, -0.05) is 136 Å². The highest BCUT2D eigenvalue weighted by molar-refractivity contribution is 9.09. The Kier molecular flexibility index (Phi) is 16.2. The largest absolute Gasteiger partial charge is 0.393 e. The number of ether oxygens (including phenoxy) is 2. The Morgan fingerprint density at radius 1 is 0.606 bits per heavy atom. The van der Waals surface area contributed by atoms with Gasteiger partial charge >= 0.3 is 0 Å². The Hall–Kier alpha value is -5.42. The topological polar surface area (TPSA) is 150 Å². The summed E-state index contributed by atoms with van der Waals surface area (Å²) in [5.74, 6) is 3.00. The monoisotopic (exact) mass is 1050 g/mol. The fourth-order valence-electron chi connectivity index (χ4n) is 9.52. The van der Waals surface area contributed by atoms with Gasteiger partial charge in [-0.2, -0.15) is 0 Å². The molecule has 2 aliphatic heterocycles. The Morgan fingerprint density at radius 2 is 1.08 bits per heavy atom. The van der Waals surface area contributed by atoms with E-state index in [9.17, 15) is 5.11 Å². The molecule has 3 aliphatic carbocycles. The van der Waals surface area contributed by atoms with E-state index in [2.05, 4.69) is 69.2 Å². The van der Waals surface area contributed by atoms with Gasteiger partial charge in [-0.15, -0.1) is 0 Å². The van der Waals surface area contributed by atoms with Crippen LogP contribution in [0.25, 0.3) is 57.3 Å². The Morgan fingerprint density at radius 3 is 1.61 bits per heavy atom. The van der Waals surface area contributed by atoms with Gasteiger partial charge in [0.15, 0.2) is 17.5 Å². The molecule has 13 nitrogen and oxygen atoms in total. The molecule has 0 atom stereocenters. The number of aliphatic hydroxyl groups excluding tert-OH is 1. The number of anilines is 1. The van der Waals surface area contributed by atoms with Gasteiger partial charge in [-0.25, -0.2) is 29.9 Å². The maximum absolute atomic E-state index is 9.84. The highest BCUT2D eigenvalue weighted by atomic mass is 79.9. The van der Waals surface area contributed by atoms with Crippen LogP contribution in [-0.2, 0) is 28.9 Å². The molecule has 12 rings (SSSR count). The van der Waals surface area contributed by atoms with E-state index in [1.54, 1.807) is 0 Å². The predicted molar refractivity (Wildman–Crippen MR) is 287 cm³/mol. The minimum Gasteiger partial charge on any atom is -0.393 e. The Balaban J connectivity index is 0.000000127. The van der Waals surface area contributed by atoms with E-state index >= 15 is 0 Å². The van der Waals surface area contributed by atoms with E-state index in [1.165, 1.54) is 11.1 Å². The van der Waals surface area contributed by atoms with Crippen LogP contribution in [0, 0.1) is 0 Å². The molecule has 0 spiro atoms. The van der Waals surface area contributed by atoms with Gasteiger partial charge in [-0.3, -0.25) is 9.80 Å². The number of allylic oxidation sites excluding steroid dienone is 1. The smallest absolute Gasteiger partial charge is 0.163 e. The molecule has 3 aromatic carbocycles. The zero-order chi connectivity index (χ0) is 48.5. The van der Waals surface area contributed by atoms with Gasteiger partial charge in [0.25, 0.3) is 0 Å². The summed E-state index contributed by atoms with van der Waals surface area (Å²) < 4.78 is 10.9. The van der Waals surface area contributed by atoms with Crippen LogP contribution >= 0.6 is 39.1 Å². The minimum atomic E-state index is -0.166. The predicted octanol–water partition coefficient (Wildman–Crippen LogP) is 10.4. The van der Waals surface area contributed by atoms with E-state index in [0.717, 1.165) is 177 Å². The first-order chi connectivity index (χ1) is 34.8. The third-order valence-corrected chi connectivity index (χ3v) is 14.6. The fourth-order valence-corrected chi connectivity index (χ4v) is 10.4. The lowest BCUT2D eigenvalue weighted by Gasteiger charge is -2.27. The standard InChI is InChI=1S/C23H29N5O2.C18H18ClN3O.C14H10BrClN2/c29-19-8-6-17(7-9-19)24-22-20-14-18(15-28-10-12-30-13-11-28)25-23(20)27-21(26-22)16-4-2-1-3-5-16;19-17-15-10-13(12-22-6-8-23-9-7-22)11-16(15)20-18(21-17)14-4-2-1-3-5-14;15-8-9-6-11-12(7-9)17-14(18-13(11)16)10-4-2-1-3-5-10/h1-5,14,17,19,29H,6-13,15H2,(H2,24,25,26,27);1-5,10H,6-9,11-12H2;1-6H,7-8H2. The lowest BCUT2D eigenvalue weighted by atomic mass is 9.93. The van der Waals surface area contributed by atoms with Crippen LogP contribution in [0.5, 0.6) is 0 Å². The number of aliphatic hydroxyl groups is 1. The molecule has 16 heteroatoms. The normalized spacial score (nSPS) is 18.9. The molecule has 0 radical (unpaired) electrons. The molecule has 4 aromatic heterocycles. The van der Waals surface area contributed by atoms with Crippen LogP contribution in [-0.4, -0.2) is 126 Å². The van der Waals surface area contributed by atoms with Crippen LogP contribution in [0.15, 0.2) is 108 Å². The Labute approximate surface area is 432 Å². The van der Waals surface area contributed by atoms with Crippen molar-refractivity contribution in [1.82, 2.24) is 44.7 Å². The maximum atomic E-state index is 9.84. The first-order valence-corrected chi connectivity index (χ1v) is 26.4. The van der Waals surface area contributed by atoms with Crippen molar-refractivity contribution in [3.63, 3.8) is 0 Å². The number of morpholine rings is 2. The number of hydrogen-bond donors (Lipinski definition) is 3. The molecule has 1 saturated carbocycles. The zero-order valence-corrected chi connectivity index (χ0v) is 42.6. The summed E-state index contributed by atoms with van der Waals surface area (Å²) >= 11 is 16.1. The van der Waals surface area contributed by atoms with Crippen LogP contribution < -0.4 is 5.32 Å². The average Bonchev–Trinajstić information content (AvgIpc) is 4.16. The van der Waals surface area contributed by atoms with Gasteiger partial charge in [0, 0.05) is 97.0 Å². The number of halogens is 3. The molecule has 0 bridgehead atoms. The van der Waals surface area contributed by atoms with Gasteiger partial charge in [0.05, 0.1) is 49.3 Å². The van der Waals surface area contributed by atoms with Crippen LogP contribution in [0.3, 0.4) is 0 Å². The summed E-state index contributed by atoms with van der Waals surface area (Å²) in [5.41, 5.74) is 11.6. The van der Waals surface area contributed by atoms with Gasteiger partial charge in [-0.05, 0) is 49.5 Å². The molecule has 0 unspecified atom stereocenters. The first kappa shape index (κ1) is 49.2. The Bertz CT molecular complexity index is 2980. The van der Waals surface area contributed by atoms with Crippen molar-refractivity contribution in [2.75, 3.05) is 69.8 Å². The van der Waals surface area contributed by atoms with Crippen molar-refractivity contribution in [2.45, 2.75) is 57.2 Å². The summed E-state index contributed by atoms with van der Waals surface area (Å²) in [6.07, 6.45) is 9.36. The van der Waals surface area contributed by atoms with Crippen molar-refractivity contribution in [3.05, 3.63) is 147 Å². The maximum Gasteiger partial charge on any atom is 0.163 e. The van der Waals surface area contributed by atoms with Gasteiger partial charge in [0.2, 0.25) is 0 Å². The van der Waals surface area contributed by atoms with Crippen LogP contribution in [0.2, 0.25) is 10.3 Å². The summed E-state index contributed by atoms with van der Waals surface area (Å²) in [7, 11) is 0. The van der Waals surface area contributed by atoms with Crippen molar-refractivity contribution in [1.29, 1.82) is 0 Å². The van der Waals surface area contributed by atoms with Crippen LogP contribution in [0.4, 0.5) is 5.82 Å². The number of rotatable bonds is 10. The van der Waals surface area contributed by atoms with Crippen molar-refractivity contribution in [3.8, 4) is 34.2 Å². The SMILES string of the molecule is Clc1nc(-c2ccccc2)nc2c1C=C(CBr)C2.Clc1nc(-c2ccccc2)nc2c1C=C(CN1CCOCC1)C2.OC1CCC(Nc2nc(-c3ccccc3)nc3[nH]c(CN4CCOCC4)cc23)CC1. The number of aromatic nitrogens is 7. The molecule has 6 heterocycles. The van der Waals surface area contributed by atoms with E-state index < -0.39 is 0 Å². The van der Waals surface area contributed by atoms with Gasteiger partial charge in [0.1, 0.15) is 21.8 Å². The molecule has 3 fully saturated rings. The molecule has 2 saturated heterocycles. The quantitative estimate of drug-likeness (QED) is 0.0884. The number of nitrogens with zero attached hydrogens (tertiary/aromatic N) is 8. The van der Waals surface area contributed by atoms with E-state index in [1.807, 2.05) is 91.0 Å². The number of alkyl halides is 1. The van der Waals surface area contributed by atoms with E-state index in [-0.39, 0.29) is 6.10 Å². The second-order valence-electron chi connectivity index (χ2n) is 18.5. The third kappa shape index (κ3) is 12.4. The van der Waals surface area contributed by atoms with Crippen molar-refractivity contribution in [2.24, 2.45) is 0 Å². The molecule has 71 heavy (non-hydrogen) atoms. The third-order valence-electron chi connectivity index (χ3n) is 13.3. The van der Waals surface area contributed by atoms with E-state index in [4.69, 9.17) is 47.6 Å². The molecular formula is C55H57BrCl2N10O3. The molecule has 0 amide bonds. The summed E-state index contributed by atoms with van der Waals surface area (Å²) in [6, 6.07) is 32.5. The second-order valence-corrected chi connectivity index (χ2v) is 19.7. The van der Waals surface area contributed by atoms with Crippen molar-refractivity contribution >= 4 is 68.1 Å². The highest BCUT2D eigenvalue weighted by Gasteiger charge is 2.25. The zero-order valence-electron chi connectivity index (χ0n) is 39.5. The minimum absolute atomic E-state index is 0.166. The molecule has 7 aromatic rings. The molecule has 366 valence electrons. The first-order valence-electron chi connectivity index (χ1n) is 24.5. The number of hydrogen-bond acceptors (Lipinski definition) is 12. The molecular weight excluding hydrogens is 999 g/mol. The number of H-pyrrole nitrogens is 1. The highest BCUT2D eigenvalue weighted by Crippen LogP contribution is 2.34. The van der Waals surface area contributed by atoms with Crippen LogP contribution in [0.1, 0.15) is 53.9 Å². The van der Waals surface area contributed by atoms with Gasteiger partial charge < -0.3 is 24.9 Å². The summed E-state index contributed by atoms with van der Waals surface area (Å²) in [5, 5.41) is 16.5. The summed E-state index contributed by atoms with van der Waals surface area (Å²) in [4.78, 5) is 36.3. The van der Waals surface area contributed by atoms with E-state index in [0.29, 0.717) is 28.0 Å². The summed E-state index contributed by atoms with van der Waals surface area (Å²) in [6.45, 7) is 8.91. The molecule has 5 aliphatic rings. The molecule has 3 N–H and O–H groups in total. The number of benzene rings is 3. The second kappa shape index (κ2) is 23.4. The lowest BCUT2D eigenvalue weighted by Crippen LogP contribution is -2.37. The lowest BCUT2D eigenvalue weighted by molar-refractivity contribution is 0.0337. The average molecular weight is 1060 g/mol. The number of fused-ring (bicyclic) bond motifs is 3. The number of aromatic amines is 1.